The normalized spacial score (nSPS) is 13.2. The molecule has 5 heteroatoms. The molecule has 1 aromatic carbocycles. The number of rotatable bonds is 6. The molecule has 0 aliphatic carbocycles. The maximum atomic E-state index is 11.5. The second kappa shape index (κ2) is 6.00. The maximum absolute atomic E-state index is 11.5. The summed E-state index contributed by atoms with van der Waals surface area (Å²) in [5, 5.41) is 8.88. The number of carboxylic acid groups (broad SMARTS) is 1. The van der Waals surface area contributed by atoms with E-state index in [9.17, 15) is 13.2 Å². The van der Waals surface area contributed by atoms with E-state index in [-0.39, 0.29) is 17.2 Å². The SMILES string of the molecule is CCCC(CC(=O)O)c1cccc(S(C)(=O)=O)c1. The van der Waals surface area contributed by atoms with Crippen molar-refractivity contribution < 1.29 is 18.3 Å². The first-order valence-electron chi connectivity index (χ1n) is 5.86. The minimum absolute atomic E-state index is 0.0288. The van der Waals surface area contributed by atoms with Crippen LogP contribution in [-0.2, 0) is 14.6 Å². The Morgan fingerprint density at radius 1 is 1.39 bits per heavy atom. The van der Waals surface area contributed by atoms with Gasteiger partial charge in [0.2, 0.25) is 0 Å². The van der Waals surface area contributed by atoms with Crippen LogP contribution in [0.3, 0.4) is 0 Å². The molecule has 18 heavy (non-hydrogen) atoms. The van der Waals surface area contributed by atoms with Crippen molar-refractivity contribution >= 4 is 15.8 Å². The summed E-state index contributed by atoms with van der Waals surface area (Å²) in [6, 6.07) is 6.56. The molecule has 0 radical (unpaired) electrons. The molecule has 1 N–H and O–H groups in total. The van der Waals surface area contributed by atoms with Crippen LogP contribution in [0, 0.1) is 0 Å². The Morgan fingerprint density at radius 3 is 2.56 bits per heavy atom. The van der Waals surface area contributed by atoms with Gasteiger partial charge in [-0.3, -0.25) is 4.79 Å². The van der Waals surface area contributed by atoms with Crippen LogP contribution in [0.5, 0.6) is 0 Å². The van der Waals surface area contributed by atoms with Crippen molar-refractivity contribution in [2.45, 2.75) is 37.0 Å². The van der Waals surface area contributed by atoms with Crippen LogP contribution in [0.4, 0.5) is 0 Å². The molecule has 1 unspecified atom stereocenters. The van der Waals surface area contributed by atoms with Crippen LogP contribution < -0.4 is 0 Å². The minimum atomic E-state index is -3.25. The average molecular weight is 270 g/mol. The van der Waals surface area contributed by atoms with Gasteiger partial charge in [0.1, 0.15) is 0 Å². The summed E-state index contributed by atoms with van der Waals surface area (Å²) in [4.78, 5) is 11.1. The van der Waals surface area contributed by atoms with Crippen molar-refractivity contribution in [2.75, 3.05) is 6.26 Å². The average Bonchev–Trinajstić information content (AvgIpc) is 2.27. The van der Waals surface area contributed by atoms with Gasteiger partial charge in [-0.1, -0.05) is 25.5 Å². The van der Waals surface area contributed by atoms with Crippen LogP contribution in [0.15, 0.2) is 29.2 Å². The third-order valence-electron chi connectivity index (χ3n) is 2.82. The lowest BCUT2D eigenvalue weighted by molar-refractivity contribution is -0.137. The lowest BCUT2D eigenvalue weighted by Crippen LogP contribution is -2.07. The van der Waals surface area contributed by atoms with E-state index in [0.717, 1.165) is 24.7 Å². The first-order valence-corrected chi connectivity index (χ1v) is 7.75. The maximum Gasteiger partial charge on any atom is 0.303 e. The molecule has 0 heterocycles. The molecule has 0 aliphatic rings. The van der Waals surface area contributed by atoms with Gasteiger partial charge in [0, 0.05) is 6.26 Å². The van der Waals surface area contributed by atoms with Gasteiger partial charge in [0.05, 0.1) is 11.3 Å². The fourth-order valence-corrected chi connectivity index (χ4v) is 2.62. The molecule has 1 atom stereocenters. The number of carbonyl (C=O) groups is 1. The molecular weight excluding hydrogens is 252 g/mol. The Kier molecular flexibility index (Phi) is 4.90. The second-order valence-electron chi connectivity index (χ2n) is 4.43. The molecule has 0 aromatic heterocycles. The minimum Gasteiger partial charge on any atom is -0.481 e. The summed E-state index contributed by atoms with van der Waals surface area (Å²) in [5.74, 6) is -0.993. The van der Waals surface area contributed by atoms with Crippen molar-refractivity contribution in [1.29, 1.82) is 0 Å². The molecule has 0 saturated heterocycles. The highest BCUT2D eigenvalue weighted by Gasteiger charge is 2.16. The Labute approximate surface area is 108 Å². The number of benzene rings is 1. The highest BCUT2D eigenvalue weighted by atomic mass is 32.2. The first kappa shape index (κ1) is 14.7. The van der Waals surface area contributed by atoms with E-state index in [1.807, 2.05) is 6.92 Å². The molecular formula is C13H18O4S. The van der Waals surface area contributed by atoms with Crippen LogP contribution in [0.2, 0.25) is 0 Å². The van der Waals surface area contributed by atoms with Crippen molar-refractivity contribution in [2.24, 2.45) is 0 Å². The number of aliphatic carboxylic acids is 1. The topological polar surface area (TPSA) is 71.4 Å². The van der Waals surface area contributed by atoms with Crippen LogP contribution in [0.25, 0.3) is 0 Å². The molecule has 0 fully saturated rings. The van der Waals surface area contributed by atoms with Crippen molar-refractivity contribution in [3.8, 4) is 0 Å². The van der Waals surface area contributed by atoms with E-state index < -0.39 is 15.8 Å². The van der Waals surface area contributed by atoms with Crippen LogP contribution in [-0.4, -0.2) is 25.7 Å². The zero-order valence-corrected chi connectivity index (χ0v) is 11.4. The molecule has 0 amide bonds. The van der Waals surface area contributed by atoms with Crippen molar-refractivity contribution in [3.05, 3.63) is 29.8 Å². The van der Waals surface area contributed by atoms with Gasteiger partial charge in [-0.25, -0.2) is 8.42 Å². The van der Waals surface area contributed by atoms with Gasteiger partial charge >= 0.3 is 5.97 Å². The first-order chi connectivity index (χ1) is 8.34. The Morgan fingerprint density at radius 2 is 2.06 bits per heavy atom. The molecule has 0 aliphatic heterocycles. The highest BCUT2D eigenvalue weighted by Crippen LogP contribution is 2.26. The molecule has 4 nitrogen and oxygen atoms in total. The zero-order valence-electron chi connectivity index (χ0n) is 10.6. The zero-order chi connectivity index (χ0) is 13.8. The molecule has 0 saturated carbocycles. The van der Waals surface area contributed by atoms with Gasteiger partial charge in [-0.2, -0.15) is 0 Å². The fraction of sp³-hybridized carbons (Fsp3) is 0.462. The Bertz CT molecular complexity index is 520. The van der Waals surface area contributed by atoms with Gasteiger partial charge in [0.15, 0.2) is 9.84 Å². The van der Waals surface area contributed by atoms with Crippen molar-refractivity contribution in [1.82, 2.24) is 0 Å². The van der Waals surface area contributed by atoms with Gasteiger partial charge in [-0.15, -0.1) is 0 Å². The summed E-state index contributed by atoms with van der Waals surface area (Å²) < 4.78 is 22.9. The predicted molar refractivity (Wildman–Crippen MR) is 69.5 cm³/mol. The van der Waals surface area contributed by atoms with E-state index in [1.54, 1.807) is 18.2 Å². The van der Waals surface area contributed by atoms with Gasteiger partial charge in [0.25, 0.3) is 0 Å². The van der Waals surface area contributed by atoms with Crippen LogP contribution in [0.1, 0.15) is 37.7 Å². The second-order valence-corrected chi connectivity index (χ2v) is 6.44. The van der Waals surface area contributed by atoms with E-state index >= 15 is 0 Å². The molecule has 0 spiro atoms. The standard InChI is InChI=1S/C13H18O4S/c1-3-5-10(9-13(14)15)11-6-4-7-12(8-11)18(2,16)17/h4,6-8,10H,3,5,9H2,1-2H3,(H,14,15). The predicted octanol–water partition coefficient (Wildman–Crippen LogP) is 2.45. The molecule has 0 bridgehead atoms. The Balaban J connectivity index is 3.09. The third-order valence-corrected chi connectivity index (χ3v) is 3.93. The molecule has 1 aromatic rings. The Hall–Kier alpha value is -1.36. The van der Waals surface area contributed by atoms with Crippen molar-refractivity contribution in [3.63, 3.8) is 0 Å². The van der Waals surface area contributed by atoms with E-state index in [0.29, 0.717) is 0 Å². The highest BCUT2D eigenvalue weighted by molar-refractivity contribution is 7.90. The molecule has 1 rings (SSSR count). The third kappa shape index (κ3) is 4.14. The summed E-state index contributed by atoms with van der Waals surface area (Å²) in [6.07, 6.45) is 2.78. The smallest absolute Gasteiger partial charge is 0.303 e. The number of hydrogen-bond donors (Lipinski definition) is 1. The summed E-state index contributed by atoms with van der Waals surface area (Å²) in [5.41, 5.74) is 0.780. The summed E-state index contributed by atoms with van der Waals surface area (Å²) >= 11 is 0. The largest absolute Gasteiger partial charge is 0.481 e. The monoisotopic (exact) mass is 270 g/mol. The van der Waals surface area contributed by atoms with Gasteiger partial charge < -0.3 is 5.11 Å². The summed E-state index contributed by atoms with van der Waals surface area (Å²) in [6.45, 7) is 1.98. The number of carboxylic acids is 1. The lowest BCUT2D eigenvalue weighted by Gasteiger charge is -2.15. The summed E-state index contributed by atoms with van der Waals surface area (Å²) in [7, 11) is -3.25. The fourth-order valence-electron chi connectivity index (χ4n) is 1.94. The van der Waals surface area contributed by atoms with E-state index in [1.165, 1.54) is 6.07 Å². The quantitative estimate of drug-likeness (QED) is 0.861. The van der Waals surface area contributed by atoms with Crippen LogP contribution >= 0.6 is 0 Å². The number of sulfone groups is 1. The van der Waals surface area contributed by atoms with Gasteiger partial charge in [-0.05, 0) is 30.0 Å². The lowest BCUT2D eigenvalue weighted by atomic mass is 9.91. The molecule has 100 valence electrons. The van der Waals surface area contributed by atoms with E-state index in [2.05, 4.69) is 0 Å². The number of hydrogen-bond acceptors (Lipinski definition) is 3. The van der Waals surface area contributed by atoms with E-state index in [4.69, 9.17) is 5.11 Å².